The molecule has 3 rings (SSSR count). The minimum Gasteiger partial charge on any atom is -0.462 e. The fraction of sp³-hybridized carbons (Fsp3) is 0.211. The van der Waals surface area contributed by atoms with Gasteiger partial charge >= 0.3 is 5.97 Å². The van der Waals surface area contributed by atoms with Gasteiger partial charge in [0.2, 0.25) is 5.71 Å². The Hall–Kier alpha value is -3.44. The Morgan fingerprint density at radius 1 is 1.43 bits per heavy atom. The highest BCUT2D eigenvalue weighted by molar-refractivity contribution is 6.30. The summed E-state index contributed by atoms with van der Waals surface area (Å²) in [5.41, 5.74) is 1.93. The number of oxime groups is 1. The number of aromatic nitrogens is 3. The number of nitriles is 1. The SMILES string of the molecule is CCOC(=O)c1cnc(-c2cccc(Cl)c2)c2nc(/C(C#N)=N/O)n(CC)c12. The van der Waals surface area contributed by atoms with Gasteiger partial charge in [-0.15, -0.1) is 0 Å². The van der Waals surface area contributed by atoms with E-state index in [-0.39, 0.29) is 23.7 Å². The second-order valence-corrected chi connectivity index (χ2v) is 6.13. The van der Waals surface area contributed by atoms with Crippen LogP contribution in [0.3, 0.4) is 0 Å². The molecule has 9 heteroatoms. The number of carbonyl (C=O) groups is 1. The van der Waals surface area contributed by atoms with E-state index in [1.165, 1.54) is 6.20 Å². The van der Waals surface area contributed by atoms with E-state index in [1.807, 2.05) is 13.0 Å². The highest BCUT2D eigenvalue weighted by atomic mass is 35.5. The molecular weight excluding hydrogens is 382 g/mol. The van der Waals surface area contributed by atoms with Crippen LogP contribution in [-0.2, 0) is 11.3 Å². The second-order valence-electron chi connectivity index (χ2n) is 5.69. The molecule has 0 spiro atoms. The van der Waals surface area contributed by atoms with Crippen LogP contribution in [0.5, 0.6) is 0 Å². The summed E-state index contributed by atoms with van der Waals surface area (Å²) in [6.07, 6.45) is 1.41. The zero-order chi connectivity index (χ0) is 20.3. The van der Waals surface area contributed by atoms with Crippen molar-refractivity contribution in [3.05, 3.63) is 46.9 Å². The quantitative estimate of drug-likeness (QED) is 0.304. The van der Waals surface area contributed by atoms with Gasteiger partial charge in [0.15, 0.2) is 5.82 Å². The van der Waals surface area contributed by atoms with Gasteiger partial charge in [0, 0.05) is 23.3 Å². The summed E-state index contributed by atoms with van der Waals surface area (Å²) >= 11 is 6.11. The molecular formula is C19H16ClN5O3. The normalized spacial score (nSPS) is 11.4. The van der Waals surface area contributed by atoms with Gasteiger partial charge in [0.05, 0.1) is 17.8 Å². The summed E-state index contributed by atoms with van der Waals surface area (Å²) in [6, 6.07) is 8.85. The van der Waals surface area contributed by atoms with Gasteiger partial charge in [-0.2, -0.15) is 5.26 Å². The molecule has 0 radical (unpaired) electrons. The number of nitrogens with zero attached hydrogens (tertiary/aromatic N) is 5. The molecule has 0 unspecified atom stereocenters. The predicted molar refractivity (Wildman–Crippen MR) is 104 cm³/mol. The van der Waals surface area contributed by atoms with Crippen LogP contribution in [0.2, 0.25) is 5.02 Å². The van der Waals surface area contributed by atoms with Crippen LogP contribution in [-0.4, -0.2) is 38.0 Å². The molecule has 0 saturated carbocycles. The third kappa shape index (κ3) is 3.28. The Kier molecular flexibility index (Phi) is 5.57. The van der Waals surface area contributed by atoms with E-state index in [1.54, 1.807) is 35.8 Å². The Morgan fingerprint density at radius 2 is 2.21 bits per heavy atom. The van der Waals surface area contributed by atoms with E-state index >= 15 is 0 Å². The molecule has 1 N–H and O–H groups in total. The summed E-state index contributed by atoms with van der Waals surface area (Å²) in [6.45, 7) is 4.10. The van der Waals surface area contributed by atoms with Crippen LogP contribution in [0.15, 0.2) is 35.6 Å². The van der Waals surface area contributed by atoms with Crippen LogP contribution in [0.25, 0.3) is 22.3 Å². The molecule has 0 bridgehead atoms. The first-order valence-corrected chi connectivity index (χ1v) is 8.88. The van der Waals surface area contributed by atoms with E-state index in [2.05, 4.69) is 15.1 Å². The number of esters is 1. The van der Waals surface area contributed by atoms with Crippen molar-refractivity contribution in [1.29, 1.82) is 5.26 Å². The zero-order valence-corrected chi connectivity index (χ0v) is 15.9. The van der Waals surface area contributed by atoms with Crippen molar-refractivity contribution in [1.82, 2.24) is 14.5 Å². The average Bonchev–Trinajstić information content (AvgIpc) is 3.07. The lowest BCUT2D eigenvalue weighted by Gasteiger charge is -2.10. The number of halogens is 1. The number of imidazole rings is 1. The maximum atomic E-state index is 12.5. The first-order valence-electron chi connectivity index (χ1n) is 8.50. The van der Waals surface area contributed by atoms with Gasteiger partial charge in [-0.3, -0.25) is 4.98 Å². The molecule has 8 nitrogen and oxygen atoms in total. The first-order chi connectivity index (χ1) is 13.5. The van der Waals surface area contributed by atoms with E-state index in [4.69, 9.17) is 16.3 Å². The molecule has 2 aromatic heterocycles. The summed E-state index contributed by atoms with van der Waals surface area (Å²) in [5.74, 6) is -0.428. The predicted octanol–water partition coefficient (Wildman–Crippen LogP) is 3.65. The van der Waals surface area contributed by atoms with Crippen LogP contribution >= 0.6 is 11.6 Å². The van der Waals surface area contributed by atoms with Crippen molar-refractivity contribution >= 4 is 34.3 Å². The minimum atomic E-state index is -0.557. The molecule has 3 aromatic rings. The zero-order valence-electron chi connectivity index (χ0n) is 15.2. The highest BCUT2D eigenvalue weighted by Crippen LogP contribution is 2.31. The van der Waals surface area contributed by atoms with Crippen molar-refractivity contribution in [3.8, 4) is 17.3 Å². The Bertz CT molecular complexity index is 1130. The van der Waals surface area contributed by atoms with Crippen LogP contribution < -0.4 is 0 Å². The number of benzene rings is 1. The fourth-order valence-electron chi connectivity index (χ4n) is 2.95. The van der Waals surface area contributed by atoms with Gasteiger partial charge < -0.3 is 14.5 Å². The minimum absolute atomic E-state index is 0.129. The van der Waals surface area contributed by atoms with E-state index in [0.29, 0.717) is 33.9 Å². The van der Waals surface area contributed by atoms with Crippen molar-refractivity contribution in [3.63, 3.8) is 0 Å². The lowest BCUT2D eigenvalue weighted by molar-refractivity contribution is 0.0528. The summed E-state index contributed by atoms with van der Waals surface area (Å²) in [7, 11) is 0. The number of pyridine rings is 1. The van der Waals surface area contributed by atoms with Crippen LogP contribution in [0, 0.1) is 11.3 Å². The number of hydrogen-bond acceptors (Lipinski definition) is 7. The maximum absolute atomic E-state index is 12.5. The number of aryl methyl sites for hydroxylation is 1. The van der Waals surface area contributed by atoms with Crippen LogP contribution in [0.1, 0.15) is 30.0 Å². The third-order valence-electron chi connectivity index (χ3n) is 4.10. The summed E-state index contributed by atoms with van der Waals surface area (Å²) in [5, 5.41) is 22.0. The van der Waals surface area contributed by atoms with Crippen molar-refractivity contribution in [2.24, 2.45) is 5.16 Å². The molecule has 0 fully saturated rings. The second kappa shape index (κ2) is 8.06. The van der Waals surface area contributed by atoms with Crippen LogP contribution in [0.4, 0.5) is 0 Å². The number of hydrogen-bond donors (Lipinski definition) is 1. The molecule has 0 aliphatic carbocycles. The highest BCUT2D eigenvalue weighted by Gasteiger charge is 2.25. The van der Waals surface area contributed by atoms with Gasteiger partial charge in [-0.05, 0) is 26.0 Å². The Balaban J connectivity index is 2.41. The number of ether oxygens (including phenoxy) is 1. The van der Waals surface area contributed by atoms with Crippen molar-refractivity contribution < 1.29 is 14.7 Å². The largest absolute Gasteiger partial charge is 0.462 e. The molecule has 0 aliphatic heterocycles. The fourth-order valence-corrected chi connectivity index (χ4v) is 3.14. The smallest absolute Gasteiger partial charge is 0.341 e. The molecule has 2 heterocycles. The molecule has 28 heavy (non-hydrogen) atoms. The summed E-state index contributed by atoms with van der Waals surface area (Å²) in [4.78, 5) is 21.3. The molecule has 142 valence electrons. The van der Waals surface area contributed by atoms with E-state index in [9.17, 15) is 15.3 Å². The first kappa shape index (κ1) is 19.3. The average molecular weight is 398 g/mol. The lowest BCUT2D eigenvalue weighted by atomic mass is 10.1. The Labute approximate surface area is 165 Å². The van der Waals surface area contributed by atoms with Gasteiger partial charge in [-0.1, -0.05) is 28.9 Å². The number of rotatable bonds is 5. The molecule has 1 aromatic carbocycles. The summed E-state index contributed by atoms with van der Waals surface area (Å²) < 4.78 is 6.76. The maximum Gasteiger partial charge on any atom is 0.341 e. The number of fused-ring (bicyclic) bond motifs is 1. The number of carbonyl (C=O) groups excluding carboxylic acids is 1. The van der Waals surface area contributed by atoms with E-state index in [0.717, 1.165) is 0 Å². The molecule has 0 amide bonds. The van der Waals surface area contributed by atoms with Crippen molar-refractivity contribution in [2.45, 2.75) is 20.4 Å². The standard InChI is InChI=1S/C19H16ClN5O3/c1-3-25-17-13(19(26)28-4-2)10-22-15(11-6-5-7-12(20)8-11)16(17)23-18(25)14(9-21)24-27/h5-8,10,27H,3-4H2,1-2H3/b24-14+. The third-order valence-corrected chi connectivity index (χ3v) is 4.33. The van der Waals surface area contributed by atoms with Gasteiger partial charge in [-0.25, -0.2) is 9.78 Å². The topological polar surface area (TPSA) is 113 Å². The Morgan fingerprint density at radius 3 is 2.82 bits per heavy atom. The van der Waals surface area contributed by atoms with Gasteiger partial charge in [0.1, 0.15) is 17.1 Å². The van der Waals surface area contributed by atoms with Crippen molar-refractivity contribution in [2.75, 3.05) is 6.61 Å². The molecule has 0 atom stereocenters. The molecule has 0 saturated heterocycles. The van der Waals surface area contributed by atoms with E-state index < -0.39 is 5.97 Å². The molecule has 0 aliphatic rings. The monoisotopic (exact) mass is 397 g/mol. The lowest BCUT2D eigenvalue weighted by Crippen LogP contribution is -2.12. The van der Waals surface area contributed by atoms with Gasteiger partial charge in [0.25, 0.3) is 0 Å².